The first-order valence-corrected chi connectivity index (χ1v) is 9.76. The summed E-state index contributed by atoms with van der Waals surface area (Å²) in [5, 5.41) is 3.62. The number of hydrogen-bond donors (Lipinski definition) is 1. The molecule has 0 spiro atoms. The van der Waals surface area contributed by atoms with Crippen LogP contribution >= 0.6 is 0 Å². The molecule has 0 amide bonds. The van der Waals surface area contributed by atoms with Crippen molar-refractivity contribution in [3.8, 4) is 0 Å². The fraction of sp³-hybridized carbons (Fsp3) is 0.125. The Balaban J connectivity index is 1.66. The van der Waals surface area contributed by atoms with Crippen LogP contribution in [0.4, 0.5) is 0 Å². The average Bonchev–Trinajstić information content (AvgIpc) is 2.75. The summed E-state index contributed by atoms with van der Waals surface area (Å²) in [6.07, 6.45) is 2.88. The molecule has 0 aromatic heterocycles. The maximum atomic E-state index is 6.58. The number of nitrogens with one attached hydrogen (secondary N) is 1. The molecule has 1 aliphatic rings. The predicted octanol–water partition coefficient (Wildman–Crippen LogP) is 3.41. The first-order valence-electron chi connectivity index (χ1n) is 9.76. The highest BCUT2D eigenvalue weighted by Crippen LogP contribution is 2.14. The van der Waals surface area contributed by atoms with Gasteiger partial charge >= 0.3 is 6.48 Å². The SMILES string of the molecule is CC1=CC(=NCCc2ccccc2)O[B-](c2ccccc2)(c2ccccc2)N1. The van der Waals surface area contributed by atoms with Gasteiger partial charge in [0.25, 0.3) is 0 Å². The number of hydrogen-bond acceptors (Lipinski definition) is 3. The van der Waals surface area contributed by atoms with Crippen molar-refractivity contribution >= 4 is 23.3 Å². The second kappa shape index (κ2) is 8.18. The average molecular weight is 367 g/mol. The molecule has 28 heavy (non-hydrogen) atoms. The molecular formula is C24H24BN2O-. The van der Waals surface area contributed by atoms with Crippen molar-refractivity contribution in [1.29, 1.82) is 0 Å². The van der Waals surface area contributed by atoms with Crippen LogP contribution in [0.15, 0.2) is 108 Å². The summed E-state index contributed by atoms with van der Waals surface area (Å²) in [6, 6.07) is 31.1. The minimum Gasteiger partial charge on any atom is -0.676 e. The Bertz CT molecular complexity index is 930. The van der Waals surface area contributed by atoms with Crippen LogP contribution in [0.5, 0.6) is 0 Å². The summed E-state index contributed by atoms with van der Waals surface area (Å²) in [5.74, 6) is 0.680. The van der Waals surface area contributed by atoms with Gasteiger partial charge < -0.3 is 9.88 Å². The van der Waals surface area contributed by atoms with Gasteiger partial charge in [0, 0.05) is 12.6 Å². The van der Waals surface area contributed by atoms with Gasteiger partial charge in [-0.3, -0.25) is 4.99 Å². The van der Waals surface area contributed by atoms with Crippen LogP contribution in [0.2, 0.25) is 0 Å². The van der Waals surface area contributed by atoms with Gasteiger partial charge in [-0.05, 0) is 24.6 Å². The molecule has 0 atom stereocenters. The summed E-state index contributed by atoms with van der Waals surface area (Å²) >= 11 is 0. The number of rotatable bonds is 5. The zero-order valence-corrected chi connectivity index (χ0v) is 16.1. The van der Waals surface area contributed by atoms with Crippen molar-refractivity contribution in [3.05, 3.63) is 108 Å². The van der Waals surface area contributed by atoms with Gasteiger partial charge in [0.05, 0.1) is 0 Å². The predicted molar refractivity (Wildman–Crippen MR) is 118 cm³/mol. The van der Waals surface area contributed by atoms with E-state index < -0.39 is 6.48 Å². The van der Waals surface area contributed by atoms with Crippen LogP contribution in [0.1, 0.15) is 12.5 Å². The zero-order chi connectivity index (χ0) is 19.2. The lowest BCUT2D eigenvalue weighted by Gasteiger charge is -2.47. The highest BCUT2D eigenvalue weighted by atomic mass is 16.5. The molecule has 0 unspecified atom stereocenters. The van der Waals surface area contributed by atoms with E-state index >= 15 is 0 Å². The molecule has 3 aromatic rings. The van der Waals surface area contributed by atoms with E-state index in [9.17, 15) is 0 Å². The standard InChI is InChI=1S/C24H24BN2O/c1-20-19-24(26-18-17-21-11-5-2-6-12-21)28-25(27-20,22-13-7-3-8-14-22)23-15-9-4-10-16-23/h2-16,19,27H,17-18H2,1H3/q-1. The highest BCUT2D eigenvalue weighted by molar-refractivity contribution is 6.97. The van der Waals surface area contributed by atoms with Gasteiger partial charge in [-0.2, -0.15) is 0 Å². The molecule has 3 nitrogen and oxygen atoms in total. The number of aliphatic imine (C=N–C) groups is 1. The Kier molecular flexibility index (Phi) is 5.29. The van der Waals surface area contributed by atoms with Crippen molar-refractivity contribution < 1.29 is 4.65 Å². The maximum Gasteiger partial charge on any atom is 0.318 e. The molecule has 3 aromatic carbocycles. The molecule has 4 heteroatoms. The van der Waals surface area contributed by atoms with E-state index in [0.717, 1.165) is 23.0 Å². The van der Waals surface area contributed by atoms with E-state index in [-0.39, 0.29) is 0 Å². The first kappa shape index (κ1) is 18.1. The fourth-order valence-corrected chi connectivity index (χ4v) is 3.76. The van der Waals surface area contributed by atoms with E-state index in [0.29, 0.717) is 12.4 Å². The smallest absolute Gasteiger partial charge is 0.318 e. The molecule has 1 heterocycles. The monoisotopic (exact) mass is 367 g/mol. The van der Waals surface area contributed by atoms with E-state index in [4.69, 9.17) is 9.65 Å². The van der Waals surface area contributed by atoms with Gasteiger partial charge in [0.1, 0.15) is 0 Å². The molecule has 0 saturated carbocycles. The van der Waals surface area contributed by atoms with Gasteiger partial charge in [0.2, 0.25) is 0 Å². The van der Waals surface area contributed by atoms with E-state index in [1.165, 1.54) is 5.56 Å². The zero-order valence-electron chi connectivity index (χ0n) is 16.1. The molecule has 0 fully saturated rings. The summed E-state index contributed by atoms with van der Waals surface area (Å²) in [6.45, 7) is 1.14. The van der Waals surface area contributed by atoms with E-state index in [1.54, 1.807) is 0 Å². The van der Waals surface area contributed by atoms with E-state index in [1.807, 2.05) is 48.5 Å². The third-order valence-electron chi connectivity index (χ3n) is 5.12. The Labute approximate surface area is 166 Å². The molecule has 1 N–H and O–H groups in total. The van der Waals surface area contributed by atoms with Crippen LogP contribution in [0.25, 0.3) is 0 Å². The molecule has 0 saturated heterocycles. The largest absolute Gasteiger partial charge is 0.676 e. The maximum absolute atomic E-state index is 6.58. The highest BCUT2D eigenvalue weighted by Gasteiger charge is 2.34. The second-order valence-corrected chi connectivity index (χ2v) is 7.15. The summed E-state index contributed by atoms with van der Waals surface area (Å²) in [4.78, 5) is 4.77. The van der Waals surface area contributed by atoms with Crippen LogP contribution < -0.4 is 16.2 Å². The van der Waals surface area contributed by atoms with Gasteiger partial charge in [-0.1, -0.05) is 91.0 Å². The summed E-state index contributed by atoms with van der Waals surface area (Å²) < 4.78 is 6.58. The first-order chi connectivity index (χ1) is 13.8. The quantitative estimate of drug-likeness (QED) is 0.702. The second-order valence-electron chi connectivity index (χ2n) is 7.15. The number of nitrogens with zero attached hydrogens (tertiary/aromatic N) is 1. The normalized spacial score (nSPS) is 16.8. The molecule has 140 valence electrons. The van der Waals surface area contributed by atoms with Crippen molar-refractivity contribution in [2.45, 2.75) is 13.3 Å². The van der Waals surface area contributed by atoms with Crippen LogP contribution in [0, 0.1) is 0 Å². The lowest BCUT2D eigenvalue weighted by molar-refractivity contribution is 0.535. The molecule has 4 rings (SSSR count). The molecule has 0 bridgehead atoms. The topological polar surface area (TPSA) is 33.6 Å². The lowest BCUT2D eigenvalue weighted by Crippen LogP contribution is -2.72. The van der Waals surface area contributed by atoms with Crippen LogP contribution in [-0.2, 0) is 11.1 Å². The Morgan fingerprint density at radius 1 is 0.786 bits per heavy atom. The summed E-state index contributed by atoms with van der Waals surface area (Å²) in [7, 11) is 0. The van der Waals surface area contributed by atoms with Crippen molar-refractivity contribution in [3.63, 3.8) is 0 Å². The van der Waals surface area contributed by atoms with Crippen LogP contribution in [0.3, 0.4) is 0 Å². The molecule has 1 aliphatic heterocycles. The van der Waals surface area contributed by atoms with Crippen molar-refractivity contribution in [2.24, 2.45) is 4.99 Å². The van der Waals surface area contributed by atoms with Gasteiger partial charge in [-0.15, -0.1) is 10.9 Å². The summed E-state index contributed by atoms with van der Waals surface area (Å²) in [5.41, 5.74) is 4.55. The van der Waals surface area contributed by atoms with Gasteiger partial charge in [-0.25, -0.2) is 0 Å². The lowest BCUT2D eigenvalue weighted by atomic mass is 9.41. The van der Waals surface area contributed by atoms with Crippen molar-refractivity contribution in [1.82, 2.24) is 5.23 Å². The minimum atomic E-state index is -1.62. The van der Waals surface area contributed by atoms with E-state index in [2.05, 4.69) is 60.7 Å². The van der Waals surface area contributed by atoms with Gasteiger partial charge in [0.15, 0.2) is 5.90 Å². The third kappa shape index (κ3) is 3.86. The third-order valence-corrected chi connectivity index (χ3v) is 5.12. The molecule has 0 radical (unpaired) electrons. The Morgan fingerprint density at radius 3 is 1.89 bits per heavy atom. The fourth-order valence-electron chi connectivity index (χ4n) is 3.76. The number of benzene rings is 3. The minimum absolute atomic E-state index is 0.680. The van der Waals surface area contributed by atoms with Crippen LogP contribution in [-0.4, -0.2) is 18.9 Å². The molecule has 0 aliphatic carbocycles. The molecular weight excluding hydrogens is 343 g/mol. The Morgan fingerprint density at radius 2 is 1.32 bits per heavy atom. The number of allylic oxidation sites excluding steroid dienone is 1. The Hall–Kier alpha value is -3.27. The van der Waals surface area contributed by atoms with Crippen molar-refractivity contribution in [2.75, 3.05) is 6.54 Å².